The minimum absolute atomic E-state index is 1.13. The molecular weight excluding hydrogens is 725 g/mol. The molecule has 0 bridgehead atoms. The molecule has 11 aromatic rings. The highest BCUT2D eigenvalue weighted by atomic mass is 15.1. The molecule has 1 heterocycles. The van der Waals surface area contributed by atoms with Crippen molar-refractivity contribution in [1.82, 2.24) is 4.57 Å². The zero-order valence-electron chi connectivity index (χ0n) is 33.7. The van der Waals surface area contributed by atoms with Crippen molar-refractivity contribution >= 4 is 60.4 Å². The van der Waals surface area contributed by atoms with Crippen molar-refractivity contribution in [3.63, 3.8) is 0 Å². The van der Waals surface area contributed by atoms with Crippen LogP contribution in [0.25, 0.3) is 82.4 Å². The summed E-state index contributed by atoms with van der Waals surface area (Å²) >= 11 is 0. The fourth-order valence-corrected chi connectivity index (χ4v) is 9.35. The lowest BCUT2D eigenvalue weighted by Gasteiger charge is -2.26. The maximum Gasteiger partial charge on any atom is 0.0541 e. The number of fused-ring (bicyclic) bond motifs is 5. The number of aromatic nitrogens is 1. The predicted molar refractivity (Wildman–Crippen MR) is 256 cm³/mol. The molecule has 0 saturated carbocycles. The predicted octanol–water partition coefficient (Wildman–Crippen LogP) is 16.2. The molecule has 2 heteroatoms. The maximum absolute atomic E-state index is 2.41. The van der Waals surface area contributed by atoms with Gasteiger partial charge in [0.05, 0.1) is 11.0 Å². The van der Waals surface area contributed by atoms with E-state index in [2.05, 4.69) is 242 Å². The fraction of sp³-hybridized carbons (Fsp3) is 0.0345. The van der Waals surface area contributed by atoms with Crippen LogP contribution in [0.3, 0.4) is 0 Å². The van der Waals surface area contributed by atoms with Crippen molar-refractivity contribution < 1.29 is 0 Å². The van der Waals surface area contributed by atoms with Gasteiger partial charge in [0.25, 0.3) is 0 Å². The molecule has 0 N–H and O–H groups in total. The molecule has 0 amide bonds. The number of aryl methyl sites for hydroxylation is 2. The monoisotopic (exact) mass is 766 g/mol. The molecule has 284 valence electrons. The lowest BCUT2D eigenvalue weighted by atomic mass is 9.86. The van der Waals surface area contributed by atoms with E-state index < -0.39 is 0 Å². The highest BCUT2D eigenvalue weighted by Gasteiger charge is 2.19. The van der Waals surface area contributed by atoms with Crippen LogP contribution in [-0.2, 0) is 0 Å². The molecule has 11 rings (SSSR count). The molecule has 10 aromatic carbocycles. The number of hydrogen-bond donors (Lipinski definition) is 0. The molecule has 0 aliphatic heterocycles. The molecule has 0 atom stereocenters. The molecule has 0 unspecified atom stereocenters. The van der Waals surface area contributed by atoms with Crippen LogP contribution >= 0.6 is 0 Å². The van der Waals surface area contributed by atoms with Crippen molar-refractivity contribution in [2.75, 3.05) is 4.90 Å². The third-order valence-corrected chi connectivity index (χ3v) is 12.1. The van der Waals surface area contributed by atoms with Gasteiger partial charge in [0.2, 0.25) is 0 Å². The average molecular weight is 767 g/mol. The van der Waals surface area contributed by atoms with Gasteiger partial charge >= 0.3 is 0 Å². The molecule has 2 nitrogen and oxygen atoms in total. The van der Waals surface area contributed by atoms with Gasteiger partial charge in [-0.3, -0.25) is 0 Å². The summed E-state index contributed by atoms with van der Waals surface area (Å²) in [5.74, 6) is 0. The van der Waals surface area contributed by atoms with Crippen LogP contribution in [-0.4, -0.2) is 4.57 Å². The zero-order chi connectivity index (χ0) is 40.2. The Balaban J connectivity index is 0.989. The summed E-state index contributed by atoms with van der Waals surface area (Å²) in [6, 6.07) is 79.9. The molecule has 0 saturated heterocycles. The Kier molecular flexibility index (Phi) is 8.64. The van der Waals surface area contributed by atoms with Gasteiger partial charge in [-0.25, -0.2) is 0 Å². The van der Waals surface area contributed by atoms with Gasteiger partial charge in [-0.2, -0.15) is 0 Å². The minimum Gasteiger partial charge on any atom is -0.310 e. The van der Waals surface area contributed by atoms with Crippen molar-refractivity contribution in [2.45, 2.75) is 13.8 Å². The number of para-hydroxylation sites is 1. The lowest BCUT2D eigenvalue weighted by molar-refractivity contribution is 1.18. The normalized spacial score (nSPS) is 11.5. The van der Waals surface area contributed by atoms with Crippen LogP contribution in [0.4, 0.5) is 17.1 Å². The van der Waals surface area contributed by atoms with Gasteiger partial charge in [0, 0.05) is 33.5 Å². The smallest absolute Gasteiger partial charge is 0.0541 e. The van der Waals surface area contributed by atoms with E-state index >= 15 is 0 Å². The quantitative estimate of drug-likeness (QED) is 0.147. The van der Waals surface area contributed by atoms with Gasteiger partial charge in [0.15, 0.2) is 0 Å². The Hall–Kier alpha value is -7.68. The van der Waals surface area contributed by atoms with Gasteiger partial charge in [-0.1, -0.05) is 152 Å². The van der Waals surface area contributed by atoms with Crippen molar-refractivity contribution in [3.05, 3.63) is 230 Å². The van der Waals surface area contributed by atoms with Gasteiger partial charge in [0.1, 0.15) is 0 Å². The van der Waals surface area contributed by atoms with Gasteiger partial charge < -0.3 is 9.47 Å². The number of anilines is 3. The van der Waals surface area contributed by atoms with Crippen LogP contribution in [0.2, 0.25) is 0 Å². The van der Waals surface area contributed by atoms with E-state index in [0.29, 0.717) is 0 Å². The van der Waals surface area contributed by atoms with E-state index in [0.717, 1.165) is 22.7 Å². The molecular formula is C58H42N2. The van der Waals surface area contributed by atoms with E-state index in [-0.39, 0.29) is 0 Å². The first kappa shape index (κ1) is 35.5. The van der Waals surface area contributed by atoms with E-state index in [4.69, 9.17) is 0 Å². The lowest BCUT2D eigenvalue weighted by Crippen LogP contribution is -2.10. The molecule has 60 heavy (non-hydrogen) atoms. The maximum atomic E-state index is 2.41. The first-order valence-electron chi connectivity index (χ1n) is 20.8. The number of nitrogens with zero attached hydrogens (tertiary/aromatic N) is 2. The second-order valence-corrected chi connectivity index (χ2v) is 15.9. The molecule has 1 aromatic heterocycles. The first-order valence-corrected chi connectivity index (χ1v) is 20.8. The van der Waals surface area contributed by atoms with E-state index in [1.54, 1.807) is 0 Å². The molecule has 0 spiro atoms. The number of hydrogen-bond acceptors (Lipinski definition) is 1. The van der Waals surface area contributed by atoms with Gasteiger partial charge in [-0.05, 0) is 147 Å². The SMILES string of the molecule is Cc1cccc(N(c2ccc(-c3ccc4c(c3)c3ccccc3n4-c3ccc(-c4c5ccccc5c(-c5ccccc5)c5ccccc45)cc3)cc2)c2cccc(C)c2)c1. The number of benzene rings is 10. The van der Waals surface area contributed by atoms with E-state index in [1.165, 1.54) is 87.9 Å². The molecule has 0 aliphatic rings. The zero-order valence-corrected chi connectivity index (χ0v) is 33.7. The van der Waals surface area contributed by atoms with E-state index in [9.17, 15) is 0 Å². The summed E-state index contributed by atoms with van der Waals surface area (Å²) < 4.78 is 2.41. The summed E-state index contributed by atoms with van der Waals surface area (Å²) in [5, 5.41) is 7.55. The molecule has 0 fully saturated rings. The molecule has 0 aliphatic carbocycles. The van der Waals surface area contributed by atoms with Crippen LogP contribution in [0, 0.1) is 13.8 Å². The third kappa shape index (κ3) is 6.04. The second-order valence-electron chi connectivity index (χ2n) is 15.9. The highest BCUT2D eigenvalue weighted by Crippen LogP contribution is 2.44. The van der Waals surface area contributed by atoms with Crippen LogP contribution in [0.1, 0.15) is 11.1 Å². The molecule has 0 radical (unpaired) electrons. The Labute approximate surface area is 350 Å². The first-order chi connectivity index (χ1) is 29.6. The summed E-state index contributed by atoms with van der Waals surface area (Å²) in [5.41, 5.74) is 16.8. The minimum atomic E-state index is 1.13. The van der Waals surface area contributed by atoms with Crippen LogP contribution < -0.4 is 4.90 Å². The standard InChI is InChI=1S/C58H42N2/c1-39-14-12-18-47(36-39)59(48-19-13-15-40(2)37-48)45-31-26-41(27-32-45)44-30-35-56-54(38-44)49-20-10-11-25-55(49)60(56)46-33-28-43(29-34-46)58-52-23-8-6-21-50(52)57(42-16-4-3-5-17-42)51-22-7-9-24-53(51)58/h3-38H,1-2H3. The average Bonchev–Trinajstić information content (AvgIpc) is 3.63. The van der Waals surface area contributed by atoms with Crippen molar-refractivity contribution in [1.29, 1.82) is 0 Å². The Morgan fingerprint density at radius 1 is 0.300 bits per heavy atom. The van der Waals surface area contributed by atoms with Crippen LogP contribution in [0.5, 0.6) is 0 Å². The summed E-state index contributed by atoms with van der Waals surface area (Å²) in [7, 11) is 0. The summed E-state index contributed by atoms with van der Waals surface area (Å²) in [4.78, 5) is 2.34. The Morgan fingerprint density at radius 2 is 0.767 bits per heavy atom. The Bertz CT molecular complexity index is 3270. The topological polar surface area (TPSA) is 8.17 Å². The number of rotatable bonds is 7. The fourth-order valence-electron chi connectivity index (χ4n) is 9.35. The summed E-state index contributed by atoms with van der Waals surface area (Å²) in [6.45, 7) is 4.30. The van der Waals surface area contributed by atoms with Crippen molar-refractivity contribution in [3.8, 4) is 39.1 Å². The Morgan fingerprint density at radius 3 is 1.33 bits per heavy atom. The summed E-state index contributed by atoms with van der Waals surface area (Å²) in [6.07, 6.45) is 0. The van der Waals surface area contributed by atoms with Crippen molar-refractivity contribution in [2.24, 2.45) is 0 Å². The van der Waals surface area contributed by atoms with Crippen LogP contribution in [0.15, 0.2) is 218 Å². The second kappa shape index (κ2) is 14.6. The largest absolute Gasteiger partial charge is 0.310 e. The highest BCUT2D eigenvalue weighted by molar-refractivity contribution is 6.21. The van der Waals surface area contributed by atoms with Gasteiger partial charge in [-0.15, -0.1) is 0 Å². The van der Waals surface area contributed by atoms with E-state index in [1.807, 2.05) is 0 Å². The third-order valence-electron chi connectivity index (χ3n) is 12.1.